The highest BCUT2D eigenvalue weighted by Gasteiger charge is 2.10. The Kier molecular flexibility index (Phi) is 6.55. The van der Waals surface area contributed by atoms with Crippen LogP contribution in [-0.4, -0.2) is 31.8 Å². The van der Waals surface area contributed by atoms with Crippen LogP contribution in [0.25, 0.3) is 10.9 Å². The van der Waals surface area contributed by atoms with Crippen molar-refractivity contribution >= 4 is 33.5 Å². The van der Waals surface area contributed by atoms with Crippen LogP contribution in [0, 0.1) is 11.8 Å². The second kappa shape index (κ2) is 9.48. The first-order chi connectivity index (χ1) is 14.0. The largest absolute Gasteiger partial charge is 0.451 e. The van der Waals surface area contributed by atoms with Crippen molar-refractivity contribution < 1.29 is 22.7 Å². The average Bonchev–Trinajstić information content (AvgIpc) is 2.75. The van der Waals surface area contributed by atoms with Crippen LogP contribution in [-0.2, 0) is 26.8 Å². The van der Waals surface area contributed by atoms with Crippen LogP contribution in [0.4, 0.5) is 0 Å². The van der Waals surface area contributed by atoms with Gasteiger partial charge >= 0.3 is 5.97 Å². The van der Waals surface area contributed by atoms with Gasteiger partial charge in [-0.2, -0.15) is 0 Å². The summed E-state index contributed by atoms with van der Waals surface area (Å²) in [5.41, 5.74) is 1.36. The van der Waals surface area contributed by atoms with E-state index in [1.807, 2.05) is 30.3 Å². The van der Waals surface area contributed by atoms with Crippen molar-refractivity contribution in [2.45, 2.75) is 11.5 Å². The van der Waals surface area contributed by atoms with Gasteiger partial charge in [0.05, 0.1) is 17.0 Å². The second-order valence-electron chi connectivity index (χ2n) is 5.84. The van der Waals surface area contributed by atoms with Gasteiger partial charge in [-0.3, -0.25) is 4.79 Å². The number of nitrogens with one attached hydrogen (secondary N) is 1. The highest BCUT2D eigenvalue weighted by atomic mass is 32.2. The van der Waals surface area contributed by atoms with Crippen LogP contribution in [0.2, 0.25) is 0 Å². The SMILES string of the molecule is O=C(C#CCNC(=O)c1ccc2c([SH](=O)=O)cccc2n1)OCc1ccccc1. The highest BCUT2D eigenvalue weighted by Crippen LogP contribution is 2.18. The molecule has 29 heavy (non-hydrogen) atoms. The molecule has 0 bridgehead atoms. The number of thiol groups is 1. The number of benzene rings is 2. The molecule has 0 spiro atoms. The molecular weight excluding hydrogens is 392 g/mol. The minimum Gasteiger partial charge on any atom is -0.451 e. The standard InChI is InChI=1S/C21H16N2O5S/c24-20(28-14-15-6-2-1-3-7-15)10-5-13-22-21(25)18-12-11-16-17(23-18)8-4-9-19(16)29(26)27/h1-4,6-9,11-12,29H,13-14H2,(H,22,25). The molecular formula is C21H16N2O5S. The number of pyridine rings is 1. The zero-order chi connectivity index (χ0) is 20.6. The predicted octanol–water partition coefficient (Wildman–Crippen LogP) is 1.68. The number of rotatable bonds is 5. The number of amides is 1. The molecule has 1 aromatic heterocycles. The first-order valence-corrected chi connectivity index (χ1v) is 9.74. The van der Waals surface area contributed by atoms with Crippen LogP contribution in [0.15, 0.2) is 65.6 Å². The van der Waals surface area contributed by atoms with E-state index >= 15 is 0 Å². The van der Waals surface area contributed by atoms with Gasteiger partial charge in [-0.1, -0.05) is 42.3 Å². The lowest BCUT2D eigenvalue weighted by Crippen LogP contribution is -2.24. The van der Waals surface area contributed by atoms with Gasteiger partial charge in [0.1, 0.15) is 12.3 Å². The Morgan fingerprint density at radius 2 is 1.79 bits per heavy atom. The number of carbonyl (C=O) groups excluding carboxylic acids is 2. The topological polar surface area (TPSA) is 102 Å². The third kappa shape index (κ3) is 5.40. The summed E-state index contributed by atoms with van der Waals surface area (Å²) in [6, 6.07) is 16.8. The molecule has 7 nitrogen and oxygen atoms in total. The number of fused-ring (bicyclic) bond motifs is 1. The molecule has 146 valence electrons. The van der Waals surface area contributed by atoms with Crippen LogP contribution >= 0.6 is 0 Å². The number of hydrogen-bond donors (Lipinski definition) is 2. The monoisotopic (exact) mass is 408 g/mol. The van der Waals surface area contributed by atoms with Gasteiger partial charge in [0.2, 0.25) is 0 Å². The van der Waals surface area contributed by atoms with Crippen molar-refractivity contribution in [1.82, 2.24) is 10.3 Å². The summed E-state index contributed by atoms with van der Waals surface area (Å²) in [5, 5.41) is 2.97. The molecule has 2 aromatic carbocycles. The summed E-state index contributed by atoms with van der Waals surface area (Å²) >= 11 is 0. The zero-order valence-electron chi connectivity index (χ0n) is 15.1. The van der Waals surface area contributed by atoms with Gasteiger partial charge in [-0.15, -0.1) is 0 Å². The minimum atomic E-state index is -2.76. The quantitative estimate of drug-likeness (QED) is 0.288. The maximum Gasteiger partial charge on any atom is 0.384 e. The van der Waals surface area contributed by atoms with Crippen molar-refractivity contribution in [3.05, 3.63) is 71.9 Å². The smallest absolute Gasteiger partial charge is 0.384 e. The van der Waals surface area contributed by atoms with Crippen molar-refractivity contribution in [3.63, 3.8) is 0 Å². The van der Waals surface area contributed by atoms with Crippen molar-refractivity contribution in [2.75, 3.05) is 6.54 Å². The Morgan fingerprint density at radius 1 is 1.00 bits per heavy atom. The lowest BCUT2D eigenvalue weighted by atomic mass is 10.2. The van der Waals surface area contributed by atoms with E-state index in [1.165, 1.54) is 18.2 Å². The van der Waals surface area contributed by atoms with Gasteiger partial charge in [0.15, 0.2) is 10.7 Å². The van der Waals surface area contributed by atoms with Crippen LogP contribution in [0.5, 0.6) is 0 Å². The van der Waals surface area contributed by atoms with Crippen molar-refractivity contribution in [1.29, 1.82) is 0 Å². The van der Waals surface area contributed by atoms with Gasteiger partial charge < -0.3 is 10.1 Å². The van der Waals surface area contributed by atoms with Crippen LogP contribution in [0.3, 0.4) is 0 Å². The summed E-state index contributed by atoms with van der Waals surface area (Å²) in [7, 11) is -2.76. The van der Waals surface area contributed by atoms with Gasteiger partial charge in [-0.25, -0.2) is 18.2 Å². The Bertz CT molecular complexity index is 1190. The number of esters is 1. The average molecular weight is 408 g/mol. The van der Waals surface area contributed by atoms with Crippen molar-refractivity contribution in [2.24, 2.45) is 0 Å². The summed E-state index contributed by atoms with van der Waals surface area (Å²) in [6.45, 7) is 0.0596. The molecule has 0 saturated heterocycles. The van der Waals surface area contributed by atoms with Crippen molar-refractivity contribution in [3.8, 4) is 11.8 Å². The molecule has 1 heterocycles. The van der Waals surface area contributed by atoms with E-state index in [0.29, 0.717) is 10.9 Å². The van der Waals surface area contributed by atoms with E-state index < -0.39 is 22.6 Å². The summed E-state index contributed by atoms with van der Waals surface area (Å²) < 4.78 is 27.5. The van der Waals surface area contributed by atoms with E-state index in [2.05, 4.69) is 22.1 Å². The molecule has 0 atom stereocenters. The summed E-state index contributed by atoms with van der Waals surface area (Å²) in [6.07, 6.45) is 0. The predicted molar refractivity (Wildman–Crippen MR) is 107 cm³/mol. The van der Waals surface area contributed by atoms with Crippen LogP contribution in [0.1, 0.15) is 16.1 Å². The van der Waals surface area contributed by atoms with E-state index in [0.717, 1.165) is 5.56 Å². The van der Waals surface area contributed by atoms with Crippen LogP contribution < -0.4 is 5.32 Å². The molecule has 3 rings (SSSR count). The first-order valence-electron chi connectivity index (χ1n) is 8.56. The fourth-order valence-corrected chi connectivity index (χ4v) is 3.11. The highest BCUT2D eigenvalue weighted by molar-refractivity contribution is 7.72. The fraction of sp³-hybridized carbons (Fsp3) is 0.0952. The van der Waals surface area contributed by atoms with E-state index in [1.54, 1.807) is 12.1 Å². The van der Waals surface area contributed by atoms with Gasteiger partial charge in [-0.05, 0) is 29.8 Å². The number of aromatic nitrogens is 1. The fourth-order valence-electron chi connectivity index (χ4n) is 2.51. The Balaban J connectivity index is 1.56. The molecule has 0 aliphatic heterocycles. The summed E-state index contributed by atoms with van der Waals surface area (Å²) in [4.78, 5) is 28.1. The molecule has 0 saturated carbocycles. The Hall–Kier alpha value is -3.70. The maximum absolute atomic E-state index is 12.2. The molecule has 0 fully saturated rings. The summed E-state index contributed by atoms with van der Waals surface area (Å²) in [5.74, 6) is 3.64. The van der Waals surface area contributed by atoms with E-state index in [9.17, 15) is 18.0 Å². The third-order valence-electron chi connectivity index (χ3n) is 3.88. The molecule has 0 radical (unpaired) electrons. The zero-order valence-corrected chi connectivity index (χ0v) is 16.0. The molecule has 0 aliphatic rings. The number of nitrogens with zero attached hydrogens (tertiary/aromatic N) is 1. The second-order valence-corrected chi connectivity index (χ2v) is 6.84. The molecule has 0 unspecified atom stereocenters. The maximum atomic E-state index is 12.2. The molecule has 8 heteroatoms. The van der Waals surface area contributed by atoms with Gasteiger partial charge in [0.25, 0.3) is 5.91 Å². The Morgan fingerprint density at radius 3 is 2.55 bits per heavy atom. The van der Waals surface area contributed by atoms with E-state index in [-0.39, 0.29) is 23.7 Å². The third-order valence-corrected chi connectivity index (χ3v) is 4.66. The number of hydrogen-bond acceptors (Lipinski definition) is 6. The minimum absolute atomic E-state index is 0.0640. The molecule has 1 amide bonds. The molecule has 0 aliphatic carbocycles. The lowest BCUT2D eigenvalue weighted by molar-refractivity contribution is -0.137. The number of ether oxygens (including phenoxy) is 1. The normalized spacial score (nSPS) is 10.2. The first kappa shape index (κ1) is 20.0. The number of carbonyl (C=O) groups is 2. The lowest BCUT2D eigenvalue weighted by Gasteiger charge is -2.04. The van der Waals surface area contributed by atoms with E-state index in [4.69, 9.17) is 4.74 Å². The Labute approximate surface area is 168 Å². The van der Waals surface area contributed by atoms with Gasteiger partial charge in [0, 0.05) is 11.3 Å². The molecule has 3 aromatic rings. The molecule has 1 N–H and O–H groups in total.